The first-order valence-corrected chi connectivity index (χ1v) is 10.3. The van der Waals surface area contributed by atoms with E-state index in [0.717, 1.165) is 28.9 Å². The van der Waals surface area contributed by atoms with Crippen LogP contribution in [0.2, 0.25) is 0 Å². The lowest BCUT2D eigenvalue weighted by molar-refractivity contribution is -0.123. The molecule has 1 unspecified atom stereocenters. The average Bonchev–Trinajstić information content (AvgIpc) is 2.69. The van der Waals surface area contributed by atoms with Crippen LogP contribution in [0.25, 0.3) is 0 Å². The van der Waals surface area contributed by atoms with Gasteiger partial charge in [0, 0.05) is 11.4 Å². The molecule has 0 aromatic heterocycles. The quantitative estimate of drug-likeness (QED) is 0.641. The maximum atomic E-state index is 12.9. The number of nitrogens with zero attached hydrogens (tertiary/aromatic N) is 1. The summed E-state index contributed by atoms with van der Waals surface area (Å²) in [5.74, 6) is 0.0960. The normalized spacial score (nSPS) is 12.1. The zero-order chi connectivity index (χ0) is 21.4. The lowest BCUT2D eigenvalue weighted by Gasteiger charge is -2.28. The second kappa shape index (κ2) is 10.8. The second-order valence-corrected chi connectivity index (χ2v) is 7.74. The molecule has 0 saturated carbocycles. The number of carbonyl (C=O) groups is 2. The van der Waals surface area contributed by atoms with Gasteiger partial charge in [0.25, 0.3) is 0 Å². The molecule has 0 fully saturated rings. The van der Waals surface area contributed by atoms with Crippen LogP contribution < -0.4 is 10.6 Å². The van der Waals surface area contributed by atoms with Crippen LogP contribution in [-0.4, -0.2) is 35.8 Å². The van der Waals surface area contributed by atoms with E-state index in [9.17, 15) is 9.59 Å². The van der Waals surface area contributed by atoms with Crippen LogP contribution in [0.15, 0.2) is 48.5 Å². The molecule has 1 atom stereocenters. The highest BCUT2D eigenvalue weighted by Crippen LogP contribution is 2.24. The van der Waals surface area contributed by atoms with Crippen molar-refractivity contribution in [3.8, 4) is 0 Å². The van der Waals surface area contributed by atoms with Gasteiger partial charge < -0.3 is 10.6 Å². The number of hydrogen-bond donors (Lipinski definition) is 2. The maximum Gasteiger partial charge on any atom is 0.241 e. The maximum absolute atomic E-state index is 12.9. The number of carbonyl (C=O) groups excluding carboxylic acids is 2. The van der Waals surface area contributed by atoms with Crippen LogP contribution >= 0.6 is 0 Å². The van der Waals surface area contributed by atoms with Gasteiger partial charge in [0.15, 0.2) is 0 Å². The molecule has 5 nitrogen and oxygen atoms in total. The summed E-state index contributed by atoms with van der Waals surface area (Å²) >= 11 is 0. The fourth-order valence-electron chi connectivity index (χ4n) is 3.30. The van der Waals surface area contributed by atoms with Crippen LogP contribution in [0.1, 0.15) is 51.2 Å². The number of amides is 2. The minimum atomic E-state index is -0.419. The molecule has 0 radical (unpaired) electrons. The number of nitrogens with one attached hydrogen (secondary N) is 2. The largest absolute Gasteiger partial charge is 0.325 e. The summed E-state index contributed by atoms with van der Waals surface area (Å²) < 4.78 is 0. The fraction of sp³-hybridized carbons (Fsp3) is 0.417. The van der Waals surface area contributed by atoms with Gasteiger partial charge in [-0.3, -0.25) is 14.5 Å². The van der Waals surface area contributed by atoms with Gasteiger partial charge in [-0.25, -0.2) is 0 Å². The van der Waals surface area contributed by atoms with Gasteiger partial charge in [0.05, 0.1) is 12.6 Å². The average molecular weight is 396 g/mol. The predicted molar refractivity (Wildman–Crippen MR) is 120 cm³/mol. The third kappa shape index (κ3) is 6.43. The molecule has 0 aliphatic carbocycles. The van der Waals surface area contributed by atoms with Gasteiger partial charge >= 0.3 is 0 Å². The fourth-order valence-corrected chi connectivity index (χ4v) is 3.30. The zero-order valence-electron chi connectivity index (χ0n) is 18.2. The summed E-state index contributed by atoms with van der Waals surface area (Å²) in [6, 6.07) is 15.1. The van der Waals surface area contributed by atoms with Gasteiger partial charge in [-0.1, -0.05) is 57.2 Å². The molecule has 5 heteroatoms. The van der Waals surface area contributed by atoms with E-state index in [4.69, 9.17) is 0 Å². The van der Waals surface area contributed by atoms with Crippen LogP contribution in [-0.2, 0) is 9.59 Å². The predicted octanol–water partition coefficient (Wildman–Crippen LogP) is 4.80. The van der Waals surface area contributed by atoms with Crippen molar-refractivity contribution in [1.29, 1.82) is 0 Å². The summed E-state index contributed by atoms with van der Waals surface area (Å²) in [6.45, 7) is 10.9. The first-order valence-electron chi connectivity index (χ1n) is 10.3. The standard InChI is InChI=1S/C24H33N3O2/c1-6-15-27(16-23(28)25-21-13-9-7-11-18(21)4)19(5)24(29)26-22-14-10-8-12-20(22)17(2)3/h7-14,17,19H,6,15-16H2,1-5H3,(H,25,28)(H,26,29). The van der Waals surface area contributed by atoms with E-state index >= 15 is 0 Å². The monoisotopic (exact) mass is 395 g/mol. The molecule has 29 heavy (non-hydrogen) atoms. The molecular weight excluding hydrogens is 362 g/mol. The second-order valence-electron chi connectivity index (χ2n) is 7.74. The Morgan fingerprint density at radius 2 is 1.55 bits per heavy atom. The molecular formula is C24H33N3O2. The Morgan fingerprint density at radius 3 is 2.17 bits per heavy atom. The van der Waals surface area contributed by atoms with E-state index in [1.165, 1.54) is 0 Å². The summed E-state index contributed by atoms with van der Waals surface area (Å²) in [6.07, 6.45) is 0.859. The lowest BCUT2D eigenvalue weighted by atomic mass is 10.0. The van der Waals surface area contributed by atoms with E-state index in [1.54, 1.807) is 0 Å². The molecule has 0 heterocycles. The smallest absolute Gasteiger partial charge is 0.241 e. The number of para-hydroxylation sites is 2. The minimum Gasteiger partial charge on any atom is -0.325 e. The molecule has 0 aliphatic rings. The molecule has 156 valence electrons. The Morgan fingerprint density at radius 1 is 0.931 bits per heavy atom. The van der Waals surface area contributed by atoms with E-state index in [0.29, 0.717) is 12.5 Å². The van der Waals surface area contributed by atoms with Gasteiger partial charge in [0.1, 0.15) is 0 Å². The SMILES string of the molecule is CCCN(CC(=O)Nc1ccccc1C)C(C)C(=O)Nc1ccccc1C(C)C. The highest BCUT2D eigenvalue weighted by molar-refractivity contribution is 5.97. The Kier molecular flexibility index (Phi) is 8.40. The molecule has 2 aromatic carbocycles. The van der Waals surface area contributed by atoms with Gasteiger partial charge in [-0.2, -0.15) is 0 Å². The van der Waals surface area contributed by atoms with Crippen molar-refractivity contribution in [2.24, 2.45) is 0 Å². The van der Waals surface area contributed by atoms with E-state index in [1.807, 2.05) is 74.2 Å². The highest BCUT2D eigenvalue weighted by Gasteiger charge is 2.24. The van der Waals surface area contributed by atoms with Gasteiger partial charge in [0.2, 0.25) is 11.8 Å². The van der Waals surface area contributed by atoms with Crippen molar-refractivity contribution in [2.45, 2.75) is 53.0 Å². The number of hydrogen-bond acceptors (Lipinski definition) is 3. The van der Waals surface area contributed by atoms with Crippen molar-refractivity contribution < 1.29 is 9.59 Å². The number of aryl methyl sites for hydroxylation is 1. The number of benzene rings is 2. The Hall–Kier alpha value is -2.66. The first kappa shape index (κ1) is 22.6. The lowest BCUT2D eigenvalue weighted by Crippen LogP contribution is -2.46. The van der Waals surface area contributed by atoms with Crippen LogP contribution in [0.5, 0.6) is 0 Å². The molecule has 0 spiro atoms. The molecule has 2 amide bonds. The number of anilines is 2. The van der Waals surface area contributed by atoms with Gasteiger partial charge in [-0.05, 0) is 56.0 Å². The van der Waals surface area contributed by atoms with E-state index < -0.39 is 6.04 Å². The van der Waals surface area contributed by atoms with Crippen LogP contribution in [0.3, 0.4) is 0 Å². The summed E-state index contributed by atoms with van der Waals surface area (Å²) in [5, 5.41) is 6.00. The van der Waals surface area contributed by atoms with Crippen molar-refractivity contribution in [1.82, 2.24) is 4.90 Å². The molecule has 0 saturated heterocycles. The summed E-state index contributed by atoms with van der Waals surface area (Å²) in [7, 11) is 0. The Bertz CT molecular complexity index is 832. The van der Waals surface area contributed by atoms with Crippen molar-refractivity contribution in [2.75, 3.05) is 23.7 Å². The minimum absolute atomic E-state index is 0.102. The first-order chi connectivity index (χ1) is 13.8. The number of rotatable bonds is 9. The molecule has 0 bridgehead atoms. The molecule has 2 rings (SSSR count). The molecule has 2 aromatic rings. The van der Waals surface area contributed by atoms with Crippen molar-refractivity contribution in [3.63, 3.8) is 0 Å². The van der Waals surface area contributed by atoms with Crippen molar-refractivity contribution >= 4 is 23.2 Å². The zero-order valence-corrected chi connectivity index (χ0v) is 18.2. The van der Waals surface area contributed by atoms with Crippen LogP contribution in [0.4, 0.5) is 11.4 Å². The molecule has 2 N–H and O–H groups in total. The highest BCUT2D eigenvalue weighted by atomic mass is 16.2. The van der Waals surface area contributed by atoms with Crippen LogP contribution in [0, 0.1) is 6.92 Å². The van der Waals surface area contributed by atoms with E-state index in [2.05, 4.69) is 24.5 Å². The summed E-state index contributed by atoms with van der Waals surface area (Å²) in [5.41, 5.74) is 3.75. The summed E-state index contributed by atoms with van der Waals surface area (Å²) in [4.78, 5) is 27.4. The Balaban J connectivity index is 2.06. The third-order valence-electron chi connectivity index (χ3n) is 5.04. The molecule has 0 aliphatic heterocycles. The topological polar surface area (TPSA) is 61.4 Å². The third-order valence-corrected chi connectivity index (χ3v) is 5.04. The Labute approximate surface area is 174 Å². The van der Waals surface area contributed by atoms with E-state index in [-0.39, 0.29) is 18.4 Å². The van der Waals surface area contributed by atoms with Crippen molar-refractivity contribution in [3.05, 3.63) is 59.7 Å². The van der Waals surface area contributed by atoms with Gasteiger partial charge in [-0.15, -0.1) is 0 Å².